The number of hydrogen-bond donors (Lipinski definition) is 1. The van der Waals surface area contributed by atoms with E-state index in [9.17, 15) is 4.79 Å². The van der Waals surface area contributed by atoms with Gasteiger partial charge in [0.15, 0.2) is 0 Å². The van der Waals surface area contributed by atoms with E-state index in [-0.39, 0.29) is 11.8 Å². The van der Waals surface area contributed by atoms with Crippen molar-refractivity contribution >= 4 is 11.6 Å². The Hall–Kier alpha value is -2.16. The Bertz CT molecular complexity index is 666. The van der Waals surface area contributed by atoms with Crippen LogP contribution in [0.15, 0.2) is 42.6 Å². The van der Waals surface area contributed by atoms with Gasteiger partial charge in [-0.05, 0) is 55.5 Å². The zero-order valence-corrected chi connectivity index (χ0v) is 13.2. The van der Waals surface area contributed by atoms with Crippen molar-refractivity contribution in [2.75, 3.05) is 5.32 Å². The highest BCUT2D eigenvalue weighted by Crippen LogP contribution is 2.32. The van der Waals surface area contributed by atoms with Crippen LogP contribution in [0.5, 0.6) is 0 Å². The third kappa shape index (κ3) is 3.03. The summed E-state index contributed by atoms with van der Waals surface area (Å²) < 4.78 is 0. The normalized spacial score (nSPS) is 20.8. The summed E-state index contributed by atoms with van der Waals surface area (Å²) in [5.41, 5.74) is 4.02. The molecule has 3 heteroatoms. The third-order valence-corrected chi connectivity index (χ3v) is 4.64. The van der Waals surface area contributed by atoms with Gasteiger partial charge in [-0.1, -0.05) is 25.5 Å². The molecule has 1 saturated carbocycles. The molecule has 1 aliphatic rings. The second-order valence-electron chi connectivity index (χ2n) is 6.25. The van der Waals surface area contributed by atoms with Gasteiger partial charge in [0.25, 0.3) is 0 Å². The molecule has 1 aromatic heterocycles. The first-order chi connectivity index (χ1) is 10.6. The Morgan fingerprint density at radius 2 is 2.09 bits per heavy atom. The van der Waals surface area contributed by atoms with E-state index in [1.165, 1.54) is 0 Å². The fourth-order valence-electron chi connectivity index (χ4n) is 3.27. The number of rotatable bonds is 3. The van der Waals surface area contributed by atoms with Crippen molar-refractivity contribution in [3.05, 3.63) is 48.2 Å². The molecule has 2 atom stereocenters. The number of amides is 1. The fraction of sp³-hybridized carbons (Fsp3) is 0.368. The van der Waals surface area contributed by atoms with Crippen LogP contribution < -0.4 is 5.32 Å². The predicted molar refractivity (Wildman–Crippen MR) is 89.5 cm³/mol. The first-order valence-electron chi connectivity index (χ1n) is 7.98. The van der Waals surface area contributed by atoms with Crippen molar-refractivity contribution in [1.82, 2.24) is 4.98 Å². The van der Waals surface area contributed by atoms with Gasteiger partial charge in [-0.3, -0.25) is 9.78 Å². The molecule has 0 aliphatic heterocycles. The second kappa shape index (κ2) is 6.30. The molecule has 3 rings (SSSR count). The summed E-state index contributed by atoms with van der Waals surface area (Å²) in [7, 11) is 0. The SMILES string of the molecule is Cc1ccc(NC(=O)[C@@H]2CCC[C@H]2C)cc1-c1ccccn1. The molecule has 0 bridgehead atoms. The van der Waals surface area contributed by atoms with Gasteiger partial charge >= 0.3 is 0 Å². The summed E-state index contributed by atoms with van der Waals surface area (Å²) in [6, 6.07) is 11.9. The maximum Gasteiger partial charge on any atom is 0.227 e. The largest absolute Gasteiger partial charge is 0.326 e. The maximum atomic E-state index is 12.4. The van der Waals surface area contributed by atoms with Crippen LogP contribution >= 0.6 is 0 Å². The first kappa shape index (κ1) is 14.8. The van der Waals surface area contributed by atoms with Crippen LogP contribution in [0.1, 0.15) is 31.7 Å². The molecule has 1 aliphatic carbocycles. The van der Waals surface area contributed by atoms with Gasteiger partial charge in [0.2, 0.25) is 5.91 Å². The number of hydrogen-bond acceptors (Lipinski definition) is 2. The first-order valence-corrected chi connectivity index (χ1v) is 7.98. The fourth-order valence-corrected chi connectivity index (χ4v) is 3.27. The van der Waals surface area contributed by atoms with E-state index >= 15 is 0 Å². The molecule has 22 heavy (non-hydrogen) atoms. The lowest BCUT2D eigenvalue weighted by molar-refractivity contribution is -0.120. The van der Waals surface area contributed by atoms with Gasteiger partial charge < -0.3 is 5.32 Å². The van der Waals surface area contributed by atoms with E-state index < -0.39 is 0 Å². The highest BCUT2D eigenvalue weighted by molar-refractivity contribution is 5.93. The molecule has 1 aromatic carbocycles. The lowest BCUT2D eigenvalue weighted by Crippen LogP contribution is -2.24. The highest BCUT2D eigenvalue weighted by atomic mass is 16.1. The summed E-state index contributed by atoms with van der Waals surface area (Å²) in [6.07, 6.45) is 5.11. The molecule has 114 valence electrons. The number of carbonyl (C=O) groups is 1. The number of nitrogens with one attached hydrogen (secondary N) is 1. The average Bonchev–Trinajstić information content (AvgIpc) is 2.96. The van der Waals surface area contributed by atoms with E-state index in [1.54, 1.807) is 6.20 Å². The molecule has 0 saturated heterocycles. The number of nitrogens with zero attached hydrogens (tertiary/aromatic N) is 1. The molecule has 0 radical (unpaired) electrons. The number of anilines is 1. The minimum absolute atomic E-state index is 0.152. The average molecular weight is 294 g/mol. The van der Waals surface area contributed by atoms with E-state index in [4.69, 9.17) is 0 Å². The Morgan fingerprint density at radius 1 is 1.23 bits per heavy atom. The lowest BCUT2D eigenvalue weighted by atomic mass is 9.97. The summed E-state index contributed by atoms with van der Waals surface area (Å²) in [5, 5.41) is 3.08. The Morgan fingerprint density at radius 3 is 2.77 bits per heavy atom. The van der Waals surface area contributed by atoms with Crippen LogP contribution in [-0.4, -0.2) is 10.9 Å². The molecule has 2 aromatic rings. The Kier molecular flexibility index (Phi) is 4.23. The van der Waals surface area contributed by atoms with Crippen molar-refractivity contribution in [1.29, 1.82) is 0 Å². The van der Waals surface area contributed by atoms with Gasteiger partial charge in [0.1, 0.15) is 0 Å². The van der Waals surface area contributed by atoms with E-state index in [0.29, 0.717) is 5.92 Å². The molecule has 0 unspecified atom stereocenters. The molecule has 1 fully saturated rings. The zero-order chi connectivity index (χ0) is 15.5. The topological polar surface area (TPSA) is 42.0 Å². The van der Waals surface area contributed by atoms with Crippen molar-refractivity contribution in [3.63, 3.8) is 0 Å². The number of pyridine rings is 1. The standard InChI is InChI=1S/C19H22N2O/c1-13-6-5-7-16(13)19(22)21-15-10-9-14(2)17(12-15)18-8-3-4-11-20-18/h3-4,8-13,16H,5-7H2,1-2H3,(H,21,22)/t13-,16-/m1/s1. The minimum Gasteiger partial charge on any atom is -0.326 e. The smallest absolute Gasteiger partial charge is 0.227 e. The molecule has 3 nitrogen and oxygen atoms in total. The highest BCUT2D eigenvalue weighted by Gasteiger charge is 2.29. The molecule has 1 N–H and O–H groups in total. The van der Waals surface area contributed by atoms with E-state index in [0.717, 1.165) is 41.8 Å². The van der Waals surface area contributed by atoms with Crippen LogP contribution in [0.2, 0.25) is 0 Å². The van der Waals surface area contributed by atoms with Crippen molar-refractivity contribution < 1.29 is 4.79 Å². The molecular formula is C19H22N2O. The van der Waals surface area contributed by atoms with Gasteiger partial charge in [0, 0.05) is 23.4 Å². The summed E-state index contributed by atoms with van der Waals surface area (Å²) in [6.45, 7) is 4.24. The molecule has 0 spiro atoms. The minimum atomic E-state index is 0.152. The number of carbonyl (C=O) groups excluding carboxylic acids is 1. The predicted octanol–water partition coefficient (Wildman–Crippen LogP) is 4.43. The third-order valence-electron chi connectivity index (χ3n) is 4.64. The van der Waals surface area contributed by atoms with Crippen LogP contribution in [0.4, 0.5) is 5.69 Å². The van der Waals surface area contributed by atoms with E-state index in [1.807, 2.05) is 36.4 Å². The number of benzene rings is 1. The van der Waals surface area contributed by atoms with Crippen molar-refractivity contribution in [3.8, 4) is 11.3 Å². The van der Waals surface area contributed by atoms with Gasteiger partial charge in [-0.25, -0.2) is 0 Å². The summed E-state index contributed by atoms with van der Waals surface area (Å²) >= 11 is 0. The van der Waals surface area contributed by atoms with Crippen LogP contribution in [0.25, 0.3) is 11.3 Å². The van der Waals surface area contributed by atoms with E-state index in [2.05, 4.69) is 24.1 Å². The zero-order valence-electron chi connectivity index (χ0n) is 13.2. The quantitative estimate of drug-likeness (QED) is 0.909. The Labute approximate surface area is 131 Å². The van der Waals surface area contributed by atoms with Crippen molar-refractivity contribution in [2.24, 2.45) is 11.8 Å². The lowest BCUT2D eigenvalue weighted by Gasteiger charge is -2.16. The van der Waals surface area contributed by atoms with Gasteiger partial charge in [-0.15, -0.1) is 0 Å². The van der Waals surface area contributed by atoms with Gasteiger partial charge in [-0.2, -0.15) is 0 Å². The number of aromatic nitrogens is 1. The molecule has 1 heterocycles. The van der Waals surface area contributed by atoms with Crippen molar-refractivity contribution in [2.45, 2.75) is 33.1 Å². The summed E-state index contributed by atoms with van der Waals surface area (Å²) in [4.78, 5) is 16.8. The summed E-state index contributed by atoms with van der Waals surface area (Å²) in [5.74, 6) is 0.793. The van der Waals surface area contributed by atoms with Crippen LogP contribution in [-0.2, 0) is 4.79 Å². The van der Waals surface area contributed by atoms with Crippen LogP contribution in [0.3, 0.4) is 0 Å². The Balaban J connectivity index is 1.82. The van der Waals surface area contributed by atoms with Gasteiger partial charge in [0.05, 0.1) is 5.69 Å². The molecular weight excluding hydrogens is 272 g/mol. The van der Waals surface area contributed by atoms with Crippen LogP contribution in [0, 0.1) is 18.8 Å². The monoisotopic (exact) mass is 294 g/mol. The second-order valence-corrected chi connectivity index (χ2v) is 6.25. The number of aryl methyl sites for hydroxylation is 1. The molecule has 1 amide bonds. The maximum absolute atomic E-state index is 12.4.